The third-order valence-electron chi connectivity index (χ3n) is 7.17. The summed E-state index contributed by atoms with van der Waals surface area (Å²) in [5, 5.41) is 28.7. The van der Waals surface area contributed by atoms with Crippen molar-refractivity contribution in [2.75, 3.05) is 11.9 Å². The van der Waals surface area contributed by atoms with Crippen molar-refractivity contribution in [2.24, 2.45) is 5.73 Å². The summed E-state index contributed by atoms with van der Waals surface area (Å²) in [5.41, 5.74) is 6.90. The molecule has 0 aliphatic carbocycles. The van der Waals surface area contributed by atoms with Gasteiger partial charge in [0.15, 0.2) is 5.82 Å². The standard InChI is InChI=1S/C29H30FN5O6/c1-29(26(38)25(37)22(41-29)15-40-24(36)14-17-5-3-2-4-6-17)23-12-11-21-27(32-16-33-35(21)23)34-28(39)20(31)13-18-7-9-19(30)10-8-18/h2-12,16,20,22,25-26,37-38H,13-15,31H2,1H3,(H,32,33,34,39)/t20-,22+,25+,26+,29-/m0/s1. The number of aliphatic hydroxyl groups excluding tert-OH is 2. The summed E-state index contributed by atoms with van der Waals surface area (Å²) in [4.78, 5) is 29.3. The Morgan fingerprint density at radius 1 is 1.12 bits per heavy atom. The Bertz CT molecular complexity index is 1530. The minimum atomic E-state index is -1.43. The van der Waals surface area contributed by atoms with Crippen LogP contribution in [0.15, 0.2) is 73.1 Å². The van der Waals surface area contributed by atoms with Crippen molar-refractivity contribution >= 4 is 23.2 Å². The number of benzene rings is 2. The number of rotatable bonds is 9. The maximum atomic E-state index is 13.2. The normalized spacial score (nSPS) is 22.9. The van der Waals surface area contributed by atoms with E-state index in [1.165, 1.54) is 23.0 Å². The first-order valence-electron chi connectivity index (χ1n) is 13.0. The molecular weight excluding hydrogens is 533 g/mol. The number of aliphatic hydroxyl groups is 2. The molecule has 1 saturated heterocycles. The molecule has 1 aliphatic rings. The molecule has 0 unspecified atom stereocenters. The monoisotopic (exact) mass is 563 g/mol. The van der Waals surface area contributed by atoms with E-state index in [-0.39, 0.29) is 31.1 Å². The summed E-state index contributed by atoms with van der Waals surface area (Å²) in [6, 6.07) is 17.2. The minimum Gasteiger partial charge on any atom is -0.463 e. The van der Waals surface area contributed by atoms with Crippen molar-refractivity contribution in [1.82, 2.24) is 14.6 Å². The molecule has 5 N–H and O–H groups in total. The first kappa shape index (κ1) is 28.3. The number of halogens is 1. The van der Waals surface area contributed by atoms with Crippen LogP contribution in [0.5, 0.6) is 0 Å². The van der Waals surface area contributed by atoms with Gasteiger partial charge in [-0.25, -0.2) is 13.9 Å². The molecule has 1 amide bonds. The highest BCUT2D eigenvalue weighted by molar-refractivity contribution is 5.97. The molecule has 1 aliphatic heterocycles. The number of amides is 1. The van der Waals surface area contributed by atoms with Crippen LogP contribution in [0.2, 0.25) is 0 Å². The second kappa shape index (κ2) is 11.7. The van der Waals surface area contributed by atoms with Crippen LogP contribution in [-0.4, -0.2) is 67.6 Å². The van der Waals surface area contributed by atoms with E-state index in [1.807, 2.05) is 18.2 Å². The number of esters is 1. The van der Waals surface area contributed by atoms with Gasteiger partial charge >= 0.3 is 5.97 Å². The smallest absolute Gasteiger partial charge is 0.310 e. The SMILES string of the molecule is C[C@@]1(c2ccc3c(NC(=O)[C@@H](N)Cc4ccc(F)cc4)ncnn23)O[C@H](COC(=O)Cc2ccccc2)[C@@H](O)[C@H]1O. The molecule has 5 rings (SSSR count). The van der Waals surface area contributed by atoms with Crippen LogP contribution in [-0.2, 0) is 37.5 Å². The predicted octanol–water partition coefficient (Wildman–Crippen LogP) is 1.50. The molecule has 3 heterocycles. The summed E-state index contributed by atoms with van der Waals surface area (Å²) in [6.45, 7) is 1.33. The van der Waals surface area contributed by atoms with E-state index in [4.69, 9.17) is 15.2 Å². The summed E-state index contributed by atoms with van der Waals surface area (Å²) in [6.07, 6.45) is -2.25. The second-order valence-corrected chi connectivity index (χ2v) is 10.1. The molecule has 41 heavy (non-hydrogen) atoms. The predicted molar refractivity (Wildman–Crippen MR) is 145 cm³/mol. The molecular formula is C29H30FN5O6. The number of anilines is 1. The summed E-state index contributed by atoms with van der Waals surface area (Å²) < 4.78 is 26.0. The van der Waals surface area contributed by atoms with E-state index >= 15 is 0 Å². The lowest BCUT2D eigenvalue weighted by Crippen LogP contribution is -2.40. The largest absolute Gasteiger partial charge is 0.463 e. The van der Waals surface area contributed by atoms with Gasteiger partial charge in [0.05, 0.1) is 18.2 Å². The maximum absolute atomic E-state index is 13.2. The zero-order valence-electron chi connectivity index (χ0n) is 22.2. The Morgan fingerprint density at radius 2 is 1.85 bits per heavy atom. The molecule has 0 saturated carbocycles. The summed E-state index contributed by atoms with van der Waals surface area (Å²) in [7, 11) is 0. The van der Waals surface area contributed by atoms with Crippen molar-refractivity contribution < 1.29 is 33.7 Å². The zero-order valence-corrected chi connectivity index (χ0v) is 22.2. The zero-order chi connectivity index (χ0) is 29.1. The molecule has 5 atom stereocenters. The van der Waals surface area contributed by atoms with Crippen molar-refractivity contribution in [1.29, 1.82) is 0 Å². The highest BCUT2D eigenvalue weighted by Gasteiger charge is 2.54. The quantitative estimate of drug-likeness (QED) is 0.221. The molecule has 2 aromatic carbocycles. The van der Waals surface area contributed by atoms with Gasteiger partial charge in [-0.15, -0.1) is 0 Å². The Kier molecular flexibility index (Phi) is 8.08. The lowest BCUT2D eigenvalue weighted by molar-refractivity contribution is -0.151. The van der Waals surface area contributed by atoms with Gasteiger partial charge in [0.25, 0.3) is 0 Å². The van der Waals surface area contributed by atoms with E-state index in [9.17, 15) is 24.2 Å². The average Bonchev–Trinajstić information content (AvgIpc) is 3.50. The molecule has 11 nitrogen and oxygen atoms in total. The Morgan fingerprint density at radius 3 is 2.59 bits per heavy atom. The van der Waals surface area contributed by atoms with Crippen LogP contribution in [0.3, 0.4) is 0 Å². The van der Waals surface area contributed by atoms with E-state index < -0.39 is 41.8 Å². The molecule has 0 bridgehead atoms. The van der Waals surface area contributed by atoms with Crippen molar-refractivity contribution in [3.63, 3.8) is 0 Å². The van der Waals surface area contributed by atoms with E-state index in [0.717, 1.165) is 5.56 Å². The second-order valence-electron chi connectivity index (χ2n) is 10.1. The van der Waals surface area contributed by atoms with Crippen LogP contribution >= 0.6 is 0 Å². The lowest BCUT2D eigenvalue weighted by Gasteiger charge is -2.27. The molecule has 0 radical (unpaired) electrons. The van der Waals surface area contributed by atoms with Gasteiger partial charge in [-0.2, -0.15) is 5.10 Å². The van der Waals surface area contributed by atoms with Gasteiger partial charge in [-0.3, -0.25) is 9.59 Å². The molecule has 1 fully saturated rings. The van der Waals surface area contributed by atoms with Crippen molar-refractivity contribution in [2.45, 2.75) is 49.7 Å². The number of hydrogen-bond donors (Lipinski definition) is 4. The average molecular weight is 564 g/mol. The van der Waals surface area contributed by atoms with E-state index in [2.05, 4.69) is 15.4 Å². The van der Waals surface area contributed by atoms with Crippen LogP contribution < -0.4 is 11.1 Å². The summed E-state index contributed by atoms with van der Waals surface area (Å²) >= 11 is 0. The van der Waals surface area contributed by atoms with Gasteiger partial charge in [0, 0.05) is 0 Å². The number of nitrogens with two attached hydrogens (primary N) is 1. The van der Waals surface area contributed by atoms with Crippen molar-refractivity contribution in [3.8, 4) is 0 Å². The number of hydrogen-bond acceptors (Lipinski definition) is 9. The van der Waals surface area contributed by atoms with Crippen LogP contribution in [0, 0.1) is 5.82 Å². The number of fused-ring (bicyclic) bond motifs is 1. The molecule has 2 aromatic heterocycles. The van der Waals surface area contributed by atoms with Crippen LogP contribution in [0.4, 0.5) is 10.2 Å². The van der Waals surface area contributed by atoms with E-state index in [0.29, 0.717) is 16.8 Å². The van der Waals surface area contributed by atoms with Gasteiger partial charge in [-0.1, -0.05) is 42.5 Å². The highest BCUT2D eigenvalue weighted by atomic mass is 19.1. The van der Waals surface area contributed by atoms with Crippen LogP contribution in [0.1, 0.15) is 23.7 Å². The number of nitrogens with one attached hydrogen (secondary N) is 1. The van der Waals surface area contributed by atoms with Gasteiger partial charge in [-0.05, 0) is 48.7 Å². The first-order chi connectivity index (χ1) is 19.7. The van der Waals surface area contributed by atoms with Gasteiger partial charge in [0.2, 0.25) is 5.91 Å². The number of ether oxygens (including phenoxy) is 2. The lowest BCUT2D eigenvalue weighted by atomic mass is 9.93. The van der Waals surface area contributed by atoms with Crippen LogP contribution in [0.25, 0.3) is 5.52 Å². The van der Waals surface area contributed by atoms with Gasteiger partial charge in [0.1, 0.15) is 48.2 Å². The fourth-order valence-corrected chi connectivity index (χ4v) is 4.90. The molecule has 0 spiro atoms. The minimum absolute atomic E-state index is 0.0613. The van der Waals surface area contributed by atoms with E-state index in [1.54, 1.807) is 43.3 Å². The van der Waals surface area contributed by atoms with Gasteiger partial charge < -0.3 is 30.7 Å². The molecule has 12 heteroatoms. The van der Waals surface area contributed by atoms with Crippen molar-refractivity contribution in [3.05, 3.63) is 95.7 Å². The maximum Gasteiger partial charge on any atom is 0.310 e. The highest BCUT2D eigenvalue weighted by Crippen LogP contribution is 2.40. The fourth-order valence-electron chi connectivity index (χ4n) is 4.90. The number of carbonyl (C=O) groups is 2. The number of carbonyl (C=O) groups excluding carboxylic acids is 2. The Balaban J connectivity index is 1.28. The first-order valence-corrected chi connectivity index (χ1v) is 13.0. The Hall–Kier alpha value is -4.23. The number of aromatic nitrogens is 3. The third kappa shape index (κ3) is 5.95. The molecule has 4 aromatic rings. The molecule has 214 valence electrons. The third-order valence-corrected chi connectivity index (χ3v) is 7.17. The Labute approximate surface area is 234 Å². The summed E-state index contributed by atoms with van der Waals surface area (Å²) in [5.74, 6) is -1.20. The fraction of sp³-hybridized carbons (Fsp3) is 0.310. The topological polar surface area (TPSA) is 161 Å². The number of nitrogens with zero attached hydrogens (tertiary/aromatic N) is 3.